The summed E-state index contributed by atoms with van der Waals surface area (Å²) in [4.78, 5) is 4.34. The molecule has 1 aliphatic heterocycles. The summed E-state index contributed by atoms with van der Waals surface area (Å²) in [6.07, 6.45) is 1.61. The second-order valence-electron chi connectivity index (χ2n) is 6.93. The van der Waals surface area contributed by atoms with E-state index in [2.05, 4.69) is 19.1 Å². The van der Waals surface area contributed by atoms with Gasteiger partial charge in [0, 0.05) is 22.8 Å². The molecule has 30 heavy (non-hydrogen) atoms. The largest absolute Gasteiger partial charge is 0.548 e. The normalized spacial score (nSPS) is 16.5. The average Bonchev–Trinajstić information content (AvgIpc) is 3.45. The van der Waals surface area contributed by atoms with Gasteiger partial charge in [0.2, 0.25) is 11.3 Å². The molecule has 1 atom stereocenters. The summed E-state index contributed by atoms with van der Waals surface area (Å²) in [5, 5.41) is 14.8. The van der Waals surface area contributed by atoms with E-state index in [9.17, 15) is 18.1 Å². The van der Waals surface area contributed by atoms with Crippen LogP contribution >= 0.6 is 22.5 Å². The lowest BCUT2D eigenvalue weighted by molar-refractivity contribution is 0.451. The van der Waals surface area contributed by atoms with E-state index in [0.29, 0.717) is 18.8 Å². The molecule has 0 amide bonds. The van der Waals surface area contributed by atoms with Gasteiger partial charge < -0.3 is 19.4 Å². The number of hydrogen-bond donors (Lipinski definition) is 3. The number of nitrogens with one attached hydrogen (secondary N) is 2. The molecule has 10 nitrogen and oxygen atoms in total. The highest BCUT2D eigenvalue weighted by Gasteiger charge is 2.32. The summed E-state index contributed by atoms with van der Waals surface area (Å²) >= 11 is -0.802. The molecular weight excluding hydrogens is 450 g/mol. The van der Waals surface area contributed by atoms with Crippen molar-refractivity contribution in [3.8, 4) is 5.75 Å². The Bertz CT molecular complexity index is 1210. The van der Waals surface area contributed by atoms with E-state index in [4.69, 9.17) is 4.42 Å². The van der Waals surface area contributed by atoms with Crippen molar-refractivity contribution in [1.82, 2.24) is 13.1 Å². The van der Waals surface area contributed by atoms with Crippen LogP contribution in [0.25, 0.3) is 0 Å². The lowest BCUT2D eigenvalue weighted by atomic mass is 10.3. The fourth-order valence-corrected chi connectivity index (χ4v) is 6.69. The zero-order valence-corrected chi connectivity index (χ0v) is 18.8. The van der Waals surface area contributed by atoms with Crippen molar-refractivity contribution >= 4 is 44.0 Å². The summed E-state index contributed by atoms with van der Waals surface area (Å²) in [7, 11) is -3.75. The first-order valence-corrected chi connectivity index (χ1v) is 12.6. The summed E-state index contributed by atoms with van der Waals surface area (Å²) in [5.74, 6) is 1.21. The predicted molar refractivity (Wildman–Crippen MR) is 112 cm³/mol. The summed E-state index contributed by atoms with van der Waals surface area (Å²) < 4.78 is 50.7. The Hall–Kier alpha value is -2.19. The minimum absolute atomic E-state index is 0.125. The fraction of sp³-hybridized carbons (Fsp3) is 0.412. The first-order chi connectivity index (χ1) is 14.3. The highest BCUT2D eigenvalue weighted by molar-refractivity contribution is 7.91. The SMILES string of the molecule is Cc1cc(CN=c2[nH][s+]([O-])nc2Nc2csc(S(=O)(=O)N3CCCC3)c2O)oc1C. The van der Waals surface area contributed by atoms with Gasteiger partial charge in [0.05, 0.1) is 12.2 Å². The number of aromatic hydroxyl groups is 1. The number of anilines is 2. The monoisotopic (exact) mass is 471 g/mol. The van der Waals surface area contributed by atoms with Crippen molar-refractivity contribution in [2.45, 2.75) is 37.4 Å². The molecule has 0 aromatic carbocycles. The molecule has 0 aliphatic carbocycles. The van der Waals surface area contributed by atoms with Crippen LogP contribution in [0.1, 0.15) is 29.9 Å². The summed E-state index contributed by atoms with van der Waals surface area (Å²) in [6, 6.07) is 1.87. The van der Waals surface area contributed by atoms with Gasteiger partial charge in [-0.05, 0) is 38.3 Å². The molecule has 0 bridgehead atoms. The Morgan fingerprint density at radius 1 is 1.43 bits per heavy atom. The van der Waals surface area contributed by atoms with Gasteiger partial charge in [-0.1, -0.05) is 0 Å². The van der Waals surface area contributed by atoms with Crippen LogP contribution in [0.15, 0.2) is 25.1 Å². The lowest BCUT2D eigenvalue weighted by Crippen LogP contribution is -2.27. The molecule has 3 aromatic rings. The molecule has 13 heteroatoms. The molecule has 162 valence electrons. The maximum absolute atomic E-state index is 12.7. The highest BCUT2D eigenvalue weighted by Crippen LogP contribution is 2.40. The number of aromatic amines is 1. The first kappa shape index (κ1) is 21.1. The van der Waals surface area contributed by atoms with Crippen LogP contribution in [0.4, 0.5) is 11.5 Å². The topological polar surface area (TPSA) is 147 Å². The van der Waals surface area contributed by atoms with E-state index < -0.39 is 21.2 Å². The van der Waals surface area contributed by atoms with Gasteiger partial charge in [-0.2, -0.15) is 4.31 Å². The standard InChI is InChI=1S/C17H21N5O5S3/c1-10-7-12(27-11(10)2)8-18-15-16(21-29(24)20-15)19-13-9-28-17(14(13)23)30(25,26)22-5-3-4-6-22/h7,9,23H,3-6,8H2,1-2H3,(H,18,20)(H,19,21). The number of H-pyrrole nitrogens is 1. The van der Waals surface area contributed by atoms with E-state index >= 15 is 0 Å². The van der Waals surface area contributed by atoms with Gasteiger partial charge in [0.1, 0.15) is 11.5 Å². The smallest absolute Gasteiger partial charge is 0.256 e. The van der Waals surface area contributed by atoms with E-state index in [1.165, 1.54) is 9.69 Å². The molecule has 1 unspecified atom stereocenters. The number of nitrogens with zero attached hydrogens (tertiary/aromatic N) is 3. The van der Waals surface area contributed by atoms with Crippen LogP contribution in [0.5, 0.6) is 5.75 Å². The van der Waals surface area contributed by atoms with Crippen LogP contribution in [0, 0.1) is 13.8 Å². The second kappa shape index (κ2) is 8.15. The number of aromatic nitrogens is 2. The van der Waals surface area contributed by atoms with Crippen molar-refractivity contribution in [2.24, 2.45) is 4.99 Å². The molecule has 0 radical (unpaired) electrons. The molecule has 0 saturated carbocycles. The van der Waals surface area contributed by atoms with Crippen LogP contribution in [0.3, 0.4) is 0 Å². The van der Waals surface area contributed by atoms with E-state index in [0.717, 1.165) is 35.5 Å². The number of rotatable bonds is 6. The molecule has 4 heterocycles. The number of aryl methyl sites for hydroxylation is 2. The lowest BCUT2D eigenvalue weighted by Gasteiger charge is -2.14. The van der Waals surface area contributed by atoms with Gasteiger partial charge in [-0.3, -0.25) is 4.99 Å². The Labute approximate surface area is 180 Å². The molecule has 1 saturated heterocycles. The Morgan fingerprint density at radius 3 is 2.83 bits per heavy atom. The van der Waals surface area contributed by atoms with Crippen molar-refractivity contribution in [3.63, 3.8) is 0 Å². The molecule has 3 aromatic heterocycles. The van der Waals surface area contributed by atoms with Gasteiger partial charge in [0.15, 0.2) is 21.1 Å². The third kappa shape index (κ3) is 4.03. The van der Waals surface area contributed by atoms with Crippen LogP contribution in [0.2, 0.25) is 0 Å². The third-order valence-corrected chi connectivity index (χ3v) is 8.92. The number of thiophene rings is 1. The van der Waals surface area contributed by atoms with Crippen molar-refractivity contribution in [2.75, 3.05) is 18.4 Å². The Balaban J connectivity index is 1.60. The van der Waals surface area contributed by atoms with E-state index in [1.54, 1.807) is 0 Å². The van der Waals surface area contributed by atoms with Gasteiger partial charge in [0.25, 0.3) is 10.0 Å². The van der Waals surface area contributed by atoms with E-state index in [-0.39, 0.29) is 33.5 Å². The van der Waals surface area contributed by atoms with E-state index in [1.807, 2.05) is 19.9 Å². The number of hydrogen-bond acceptors (Lipinski definition) is 9. The maximum Gasteiger partial charge on any atom is 0.256 e. The van der Waals surface area contributed by atoms with Crippen LogP contribution in [-0.4, -0.2) is 44.2 Å². The predicted octanol–water partition coefficient (Wildman–Crippen LogP) is 2.74. The van der Waals surface area contributed by atoms with Crippen LogP contribution in [-0.2, 0) is 16.6 Å². The minimum atomic E-state index is -3.75. The fourth-order valence-electron chi connectivity index (χ4n) is 3.13. The second-order valence-corrected chi connectivity index (χ2v) is 10.8. The van der Waals surface area contributed by atoms with Crippen molar-refractivity contribution in [3.05, 3.63) is 34.0 Å². The van der Waals surface area contributed by atoms with Crippen LogP contribution < -0.4 is 10.8 Å². The summed E-state index contributed by atoms with van der Waals surface area (Å²) in [5.41, 5.74) is 1.40. The maximum atomic E-state index is 12.7. The molecule has 4 rings (SSSR count). The van der Waals surface area contributed by atoms with Crippen molar-refractivity contribution < 1.29 is 22.5 Å². The Morgan fingerprint density at radius 2 is 2.17 bits per heavy atom. The molecule has 1 fully saturated rings. The number of furan rings is 1. The summed E-state index contributed by atoms with van der Waals surface area (Å²) in [6.45, 7) is 4.89. The van der Waals surface area contributed by atoms with Gasteiger partial charge in [-0.25, -0.2) is 8.42 Å². The number of sulfonamides is 1. The molecule has 1 aliphatic rings. The molecule has 3 N–H and O–H groups in total. The van der Waals surface area contributed by atoms with Gasteiger partial charge >= 0.3 is 0 Å². The minimum Gasteiger partial charge on any atom is -0.548 e. The zero-order valence-electron chi connectivity index (χ0n) is 16.3. The average molecular weight is 472 g/mol. The zero-order chi connectivity index (χ0) is 21.5. The molecular formula is C17H21N5O5S3. The van der Waals surface area contributed by atoms with Gasteiger partial charge in [-0.15, -0.1) is 15.7 Å². The first-order valence-electron chi connectivity index (χ1n) is 9.21. The third-order valence-electron chi connectivity index (χ3n) is 4.82. The Kier molecular flexibility index (Phi) is 5.72. The quantitative estimate of drug-likeness (QED) is 0.468. The molecule has 0 spiro atoms. The highest BCUT2D eigenvalue weighted by atomic mass is 32.2. The van der Waals surface area contributed by atoms with Crippen molar-refractivity contribution in [1.29, 1.82) is 0 Å².